The molecule has 0 aliphatic heterocycles. The number of nitrogens with one attached hydrogen (secondary N) is 3. The average molecular weight is 429 g/mol. The van der Waals surface area contributed by atoms with Gasteiger partial charge in [0.15, 0.2) is 5.78 Å². The molecule has 0 spiro atoms. The molecule has 0 aliphatic carbocycles. The van der Waals surface area contributed by atoms with Gasteiger partial charge < -0.3 is 21.7 Å². The number of ketones is 1. The van der Waals surface area contributed by atoms with E-state index in [2.05, 4.69) is 22.0 Å². The summed E-state index contributed by atoms with van der Waals surface area (Å²) >= 11 is 0. The SMILES string of the molecule is CC.CC.CNC(CNC(C)(C)C/C=C\CC(C)(C)C(NC(C)=O)C(C)=O)C(N)=O. The molecule has 0 saturated heterocycles. The van der Waals surface area contributed by atoms with Crippen LogP contribution >= 0.6 is 0 Å². The van der Waals surface area contributed by atoms with Gasteiger partial charge in [-0.25, -0.2) is 0 Å². The van der Waals surface area contributed by atoms with Crippen molar-refractivity contribution in [3.05, 3.63) is 12.2 Å². The minimum Gasteiger partial charge on any atom is -0.368 e. The average Bonchev–Trinajstić information content (AvgIpc) is 2.66. The van der Waals surface area contributed by atoms with E-state index in [9.17, 15) is 14.4 Å². The molecule has 0 aromatic heterocycles. The lowest BCUT2D eigenvalue weighted by atomic mass is 9.79. The third-order valence-corrected chi connectivity index (χ3v) is 4.45. The lowest BCUT2D eigenvalue weighted by Crippen LogP contribution is -2.51. The fourth-order valence-corrected chi connectivity index (χ4v) is 2.73. The molecule has 2 atom stereocenters. The summed E-state index contributed by atoms with van der Waals surface area (Å²) < 4.78 is 0. The van der Waals surface area contributed by atoms with E-state index in [0.29, 0.717) is 13.0 Å². The van der Waals surface area contributed by atoms with E-state index >= 15 is 0 Å². The van der Waals surface area contributed by atoms with E-state index in [1.807, 2.05) is 61.5 Å². The third kappa shape index (κ3) is 15.2. The van der Waals surface area contributed by atoms with Crippen molar-refractivity contribution in [2.45, 2.75) is 99.7 Å². The van der Waals surface area contributed by atoms with E-state index in [0.717, 1.165) is 6.42 Å². The molecule has 0 radical (unpaired) electrons. The van der Waals surface area contributed by atoms with Gasteiger partial charge in [-0.2, -0.15) is 0 Å². The largest absolute Gasteiger partial charge is 0.368 e. The minimum absolute atomic E-state index is 0.0508. The molecular weight excluding hydrogens is 380 g/mol. The first-order chi connectivity index (χ1) is 13.8. The van der Waals surface area contributed by atoms with Crippen LogP contribution in [-0.2, 0) is 14.4 Å². The Morgan fingerprint density at radius 2 is 1.40 bits per heavy atom. The quantitative estimate of drug-likeness (QED) is 0.357. The summed E-state index contributed by atoms with van der Waals surface area (Å²) in [5, 5.41) is 8.95. The Bertz CT molecular complexity index is 529. The Hall–Kier alpha value is -1.73. The van der Waals surface area contributed by atoms with Gasteiger partial charge in [0.1, 0.15) is 0 Å². The molecule has 0 bridgehead atoms. The summed E-state index contributed by atoms with van der Waals surface area (Å²) in [6.45, 7) is 19.4. The van der Waals surface area contributed by atoms with Gasteiger partial charge in [0, 0.05) is 19.0 Å². The summed E-state index contributed by atoms with van der Waals surface area (Å²) in [6, 6.07) is -0.922. The molecule has 0 aromatic rings. The Morgan fingerprint density at radius 3 is 1.77 bits per heavy atom. The molecule has 30 heavy (non-hydrogen) atoms. The first-order valence-electron chi connectivity index (χ1n) is 11.0. The van der Waals surface area contributed by atoms with Crippen LogP contribution in [0.1, 0.15) is 82.1 Å². The molecule has 0 aliphatic rings. The maximum absolute atomic E-state index is 11.9. The number of carbonyl (C=O) groups is 3. The van der Waals surface area contributed by atoms with Gasteiger partial charge in [-0.3, -0.25) is 14.4 Å². The highest BCUT2D eigenvalue weighted by atomic mass is 16.2. The molecule has 0 aromatic carbocycles. The summed E-state index contributed by atoms with van der Waals surface area (Å²) in [6.07, 6.45) is 5.50. The van der Waals surface area contributed by atoms with Crippen molar-refractivity contribution in [3.63, 3.8) is 0 Å². The number of amides is 2. The lowest BCUT2D eigenvalue weighted by Gasteiger charge is -2.32. The molecule has 7 heteroatoms. The van der Waals surface area contributed by atoms with Crippen LogP contribution in [0.25, 0.3) is 0 Å². The highest BCUT2D eigenvalue weighted by Gasteiger charge is 2.32. The van der Waals surface area contributed by atoms with Crippen molar-refractivity contribution in [2.24, 2.45) is 11.1 Å². The number of rotatable bonds is 12. The van der Waals surface area contributed by atoms with Crippen LogP contribution in [0.5, 0.6) is 0 Å². The number of primary amides is 1. The predicted molar refractivity (Wildman–Crippen MR) is 127 cm³/mol. The van der Waals surface area contributed by atoms with Crippen molar-refractivity contribution in [2.75, 3.05) is 13.6 Å². The number of carbonyl (C=O) groups excluding carboxylic acids is 3. The van der Waals surface area contributed by atoms with Gasteiger partial charge in [-0.1, -0.05) is 53.7 Å². The van der Waals surface area contributed by atoms with Crippen LogP contribution in [0.2, 0.25) is 0 Å². The van der Waals surface area contributed by atoms with Gasteiger partial charge in [0.05, 0.1) is 12.1 Å². The van der Waals surface area contributed by atoms with Crippen molar-refractivity contribution in [3.8, 4) is 0 Å². The molecular formula is C23H48N4O3. The van der Waals surface area contributed by atoms with Crippen molar-refractivity contribution in [1.82, 2.24) is 16.0 Å². The summed E-state index contributed by atoms with van der Waals surface area (Å²) in [4.78, 5) is 34.5. The van der Waals surface area contributed by atoms with Crippen LogP contribution in [-0.4, -0.2) is 48.8 Å². The predicted octanol–water partition coefficient (Wildman–Crippen LogP) is 2.94. The van der Waals surface area contributed by atoms with Crippen LogP contribution in [0.15, 0.2) is 12.2 Å². The van der Waals surface area contributed by atoms with Crippen LogP contribution in [0.3, 0.4) is 0 Å². The van der Waals surface area contributed by atoms with Crippen molar-refractivity contribution < 1.29 is 14.4 Å². The number of hydrogen-bond donors (Lipinski definition) is 4. The normalized spacial score (nSPS) is 13.3. The van der Waals surface area contributed by atoms with Gasteiger partial charge in [-0.15, -0.1) is 0 Å². The number of Topliss-reactive ketones (excluding diaryl/α,β-unsaturated/α-hetero) is 1. The van der Waals surface area contributed by atoms with Gasteiger partial charge in [-0.05, 0) is 46.1 Å². The second-order valence-corrected chi connectivity index (χ2v) is 8.12. The van der Waals surface area contributed by atoms with Crippen molar-refractivity contribution in [1.29, 1.82) is 0 Å². The second kappa shape index (κ2) is 17.0. The first kappa shape index (κ1) is 32.9. The lowest BCUT2D eigenvalue weighted by molar-refractivity contribution is -0.128. The summed E-state index contributed by atoms with van der Waals surface area (Å²) in [5.74, 6) is -0.646. The zero-order valence-corrected chi connectivity index (χ0v) is 21.2. The molecule has 0 heterocycles. The molecule has 7 nitrogen and oxygen atoms in total. The monoisotopic (exact) mass is 428 g/mol. The first-order valence-corrected chi connectivity index (χ1v) is 11.0. The highest BCUT2D eigenvalue weighted by Crippen LogP contribution is 2.27. The van der Waals surface area contributed by atoms with E-state index in [1.54, 1.807) is 7.05 Å². The van der Waals surface area contributed by atoms with E-state index < -0.39 is 12.1 Å². The highest BCUT2D eigenvalue weighted by molar-refractivity contribution is 5.87. The van der Waals surface area contributed by atoms with E-state index in [1.165, 1.54) is 13.8 Å². The topological polar surface area (TPSA) is 113 Å². The molecule has 2 amide bonds. The second-order valence-electron chi connectivity index (χ2n) is 8.12. The molecule has 0 fully saturated rings. The summed E-state index contributed by atoms with van der Waals surface area (Å²) in [7, 11) is 1.70. The van der Waals surface area contributed by atoms with Gasteiger partial charge >= 0.3 is 0 Å². The smallest absolute Gasteiger partial charge is 0.235 e. The Balaban J connectivity index is -0.00000171. The standard InChI is InChI=1S/C19H36N4O3.2C2H6/c1-13(24)16(23-14(2)25)18(3,4)10-8-9-11-19(5,6)22-12-15(21-7)17(20)26;2*1-2/h8-9,15-16,21-22H,10-12H2,1-7H3,(H2,20,26)(H,23,25);2*1-2H3/b9-8-;;. The van der Waals surface area contributed by atoms with Crippen LogP contribution in [0.4, 0.5) is 0 Å². The van der Waals surface area contributed by atoms with Crippen molar-refractivity contribution >= 4 is 17.6 Å². The van der Waals surface area contributed by atoms with Gasteiger partial charge in [0.25, 0.3) is 0 Å². The Morgan fingerprint density at radius 1 is 0.933 bits per heavy atom. The molecule has 0 rings (SSSR count). The summed E-state index contributed by atoms with van der Waals surface area (Å²) in [5.41, 5.74) is 4.73. The molecule has 2 unspecified atom stereocenters. The molecule has 5 N–H and O–H groups in total. The molecule has 178 valence electrons. The fraction of sp³-hybridized carbons (Fsp3) is 0.783. The van der Waals surface area contributed by atoms with E-state index in [4.69, 9.17) is 5.73 Å². The maximum Gasteiger partial charge on any atom is 0.235 e. The number of nitrogens with two attached hydrogens (primary N) is 1. The third-order valence-electron chi connectivity index (χ3n) is 4.45. The number of allylic oxidation sites excluding steroid dienone is 1. The van der Waals surface area contributed by atoms with Crippen LogP contribution < -0.4 is 21.7 Å². The number of hydrogen-bond acceptors (Lipinski definition) is 5. The minimum atomic E-state index is -0.511. The van der Waals surface area contributed by atoms with Gasteiger partial charge in [0.2, 0.25) is 11.8 Å². The Kier molecular flexibility index (Phi) is 18.7. The van der Waals surface area contributed by atoms with Crippen LogP contribution in [0, 0.1) is 5.41 Å². The Labute approximate surface area is 185 Å². The fourth-order valence-electron chi connectivity index (χ4n) is 2.73. The maximum atomic E-state index is 11.9. The molecule has 0 saturated carbocycles. The zero-order chi connectivity index (χ0) is 24.5. The number of likely N-dealkylation sites (N-methyl/N-ethyl adjacent to an activating group) is 1. The zero-order valence-electron chi connectivity index (χ0n) is 21.2. The van der Waals surface area contributed by atoms with E-state index in [-0.39, 0.29) is 28.6 Å².